The quantitative estimate of drug-likeness (QED) is 0.488. The molecule has 46 valence electrons. The molecule has 0 atom stereocenters. The van der Waals surface area contributed by atoms with E-state index in [1.165, 1.54) is 0 Å². The maximum atomic E-state index is 7.99. The molecule has 0 aliphatic carbocycles. The van der Waals surface area contributed by atoms with E-state index < -0.39 is 0 Å². The minimum Gasteiger partial charge on any atom is -0.712 e. The molecule has 1 aliphatic rings. The molecule has 1 heterocycles. The lowest BCUT2D eigenvalue weighted by atomic mass is 10.7. The first-order valence-corrected chi connectivity index (χ1v) is 2.47. The van der Waals surface area contributed by atoms with Crippen LogP contribution in [0.4, 0.5) is 0 Å². The fraction of sp³-hybridized carbons (Fsp3) is 1.00. The zero-order chi connectivity index (χ0) is 5.82. The molecule has 1 rings (SSSR count). The van der Waals surface area contributed by atoms with E-state index in [0.29, 0.717) is 13.2 Å². The van der Waals surface area contributed by atoms with Gasteiger partial charge in [-0.15, -0.1) is 0 Å². The fourth-order valence-corrected chi connectivity index (χ4v) is 0.579. The average molecular weight is 115 g/mol. The first-order valence-electron chi connectivity index (χ1n) is 2.47. The highest BCUT2D eigenvalue weighted by atomic mass is 16.7. The number of rotatable bonds is 2. The van der Waals surface area contributed by atoms with Gasteiger partial charge in [0.1, 0.15) is 0 Å². The van der Waals surface area contributed by atoms with E-state index in [0.717, 1.165) is 0 Å². The number of hydrogen-bond donors (Lipinski definition) is 0. The number of hydrogen-bond acceptors (Lipinski definition) is 3. The highest BCUT2D eigenvalue weighted by Crippen LogP contribution is 2.02. The Morgan fingerprint density at radius 1 is 1.50 bits per heavy atom. The molecular weight excluding hydrogens is 108 g/mol. The van der Waals surface area contributed by atoms with E-state index >= 15 is 0 Å². The molecule has 0 saturated carbocycles. The molecule has 0 aromatic rings. The zero-order valence-electron chi connectivity index (χ0n) is 4.41. The Morgan fingerprint density at radius 2 is 2.12 bits per heavy atom. The summed E-state index contributed by atoms with van der Waals surface area (Å²) in [5.74, 6) is 0. The number of ether oxygens (including phenoxy) is 2. The van der Waals surface area contributed by atoms with Crippen molar-refractivity contribution < 1.29 is 9.47 Å². The molecule has 0 amide bonds. The molecule has 1 aliphatic heterocycles. The van der Waals surface area contributed by atoms with Crippen molar-refractivity contribution in [1.82, 2.24) is 0 Å². The molecule has 0 spiro atoms. The van der Waals surface area contributed by atoms with Crippen LogP contribution in [0.5, 0.6) is 0 Å². The molecule has 0 aromatic heterocycles. The van der Waals surface area contributed by atoms with Crippen molar-refractivity contribution >= 4 is 0 Å². The fourth-order valence-electron chi connectivity index (χ4n) is 0.579. The minimum atomic E-state index is -0.306. The van der Waals surface area contributed by atoms with Gasteiger partial charge in [-0.05, 0) is 0 Å². The summed E-state index contributed by atoms with van der Waals surface area (Å²) >= 11 is 0. The van der Waals surface area contributed by atoms with Crippen molar-refractivity contribution in [3.63, 3.8) is 0 Å². The largest absolute Gasteiger partial charge is 0.712 e. The van der Waals surface area contributed by atoms with Crippen molar-refractivity contribution in [2.75, 3.05) is 19.8 Å². The van der Waals surface area contributed by atoms with Crippen LogP contribution in [0.3, 0.4) is 0 Å². The lowest BCUT2D eigenvalue weighted by molar-refractivity contribution is -0.0328. The summed E-state index contributed by atoms with van der Waals surface area (Å²) in [6.45, 7) is 1.44. The molecular formula is C4H7N2O2-. The van der Waals surface area contributed by atoms with Crippen LogP contribution in [0.15, 0.2) is 5.11 Å². The van der Waals surface area contributed by atoms with Gasteiger partial charge >= 0.3 is 0 Å². The molecule has 4 nitrogen and oxygen atoms in total. The topological polar surface area (TPSA) is 53.1 Å². The summed E-state index contributed by atoms with van der Waals surface area (Å²) in [4.78, 5) is 0. The third-order valence-corrected chi connectivity index (χ3v) is 0.922. The van der Waals surface area contributed by atoms with E-state index in [9.17, 15) is 0 Å². The van der Waals surface area contributed by atoms with Crippen LogP contribution in [0, 0.1) is 0 Å². The van der Waals surface area contributed by atoms with Gasteiger partial charge in [-0.25, -0.2) is 0 Å². The molecule has 1 fully saturated rings. The Morgan fingerprint density at radius 3 is 2.62 bits per heavy atom. The van der Waals surface area contributed by atoms with Gasteiger partial charge < -0.3 is 20.1 Å². The van der Waals surface area contributed by atoms with E-state index in [-0.39, 0.29) is 12.8 Å². The third kappa shape index (κ3) is 1.24. The van der Waals surface area contributed by atoms with E-state index in [4.69, 9.17) is 15.0 Å². The Labute approximate surface area is 47.3 Å². The maximum absolute atomic E-state index is 7.99. The lowest BCUT2D eigenvalue weighted by Gasteiger charge is -2.04. The Hall–Kier alpha value is -0.480. The third-order valence-electron chi connectivity index (χ3n) is 0.922. The summed E-state index contributed by atoms with van der Waals surface area (Å²) in [6, 6.07) is 0. The average Bonchev–Trinajstić information content (AvgIpc) is 2.19. The first-order chi connectivity index (χ1) is 3.93. The molecule has 0 unspecified atom stereocenters. The summed E-state index contributed by atoms with van der Waals surface area (Å²) in [7, 11) is 0. The Balaban J connectivity index is 2.14. The van der Waals surface area contributed by atoms with Crippen molar-refractivity contribution in [2.45, 2.75) is 6.29 Å². The van der Waals surface area contributed by atoms with Gasteiger partial charge in [0.25, 0.3) is 0 Å². The normalized spacial score (nSPS) is 21.5. The summed E-state index contributed by atoms with van der Waals surface area (Å²) in [5.41, 5.74) is 7.99. The summed E-state index contributed by atoms with van der Waals surface area (Å²) < 4.78 is 9.83. The minimum absolute atomic E-state index is 0.222. The predicted molar refractivity (Wildman–Crippen MR) is 26.3 cm³/mol. The summed E-state index contributed by atoms with van der Waals surface area (Å²) in [5, 5.41) is 2.87. The first kappa shape index (κ1) is 5.65. The second-order valence-corrected chi connectivity index (χ2v) is 1.50. The van der Waals surface area contributed by atoms with Crippen LogP contribution in [0.2, 0.25) is 0 Å². The lowest BCUT2D eigenvalue weighted by Crippen LogP contribution is -2.10. The van der Waals surface area contributed by atoms with Crippen molar-refractivity contribution in [3.05, 3.63) is 5.53 Å². The van der Waals surface area contributed by atoms with Gasteiger partial charge in [0.05, 0.1) is 19.8 Å². The van der Waals surface area contributed by atoms with Gasteiger partial charge in [-0.2, -0.15) is 0 Å². The van der Waals surface area contributed by atoms with Gasteiger partial charge in [-0.1, -0.05) is 0 Å². The van der Waals surface area contributed by atoms with E-state index in [1.807, 2.05) is 0 Å². The SMILES string of the molecule is [N-]=NCC1OCCO1. The van der Waals surface area contributed by atoms with Crippen molar-refractivity contribution in [3.8, 4) is 0 Å². The molecule has 8 heavy (non-hydrogen) atoms. The number of nitrogens with zero attached hydrogens (tertiary/aromatic N) is 2. The highest BCUT2D eigenvalue weighted by molar-refractivity contribution is 4.53. The monoisotopic (exact) mass is 115 g/mol. The van der Waals surface area contributed by atoms with Crippen LogP contribution < -0.4 is 0 Å². The Kier molecular flexibility index (Phi) is 1.93. The van der Waals surface area contributed by atoms with Crippen LogP contribution in [-0.2, 0) is 9.47 Å². The molecule has 0 aromatic carbocycles. The summed E-state index contributed by atoms with van der Waals surface area (Å²) in [6.07, 6.45) is -0.306. The standard InChI is InChI=1S/C4H7N2O2/c5-6-3-4-7-1-2-8-4/h4H,1-3H2/q-1. The molecule has 4 heteroatoms. The Bertz CT molecular complexity index is 80.1. The zero-order valence-corrected chi connectivity index (χ0v) is 4.41. The van der Waals surface area contributed by atoms with Gasteiger partial charge in [0.2, 0.25) is 0 Å². The van der Waals surface area contributed by atoms with Gasteiger partial charge in [-0.3, -0.25) is 0 Å². The van der Waals surface area contributed by atoms with Crippen LogP contribution in [-0.4, -0.2) is 26.0 Å². The van der Waals surface area contributed by atoms with Crippen LogP contribution >= 0.6 is 0 Å². The van der Waals surface area contributed by atoms with Crippen molar-refractivity contribution in [2.24, 2.45) is 5.11 Å². The molecule has 0 radical (unpaired) electrons. The van der Waals surface area contributed by atoms with Crippen molar-refractivity contribution in [1.29, 1.82) is 0 Å². The highest BCUT2D eigenvalue weighted by Gasteiger charge is 2.12. The van der Waals surface area contributed by atoms with E-state index in [2.05, 4.69) is 5.11 Å². The predicted octanol–water partition coefficient (Wildman–Crippen LogP) is 0.381. The second kappa shape index (κ2) is 2.74. The molecule has 0 N–H and O–H groups in total. The smallest absolute Gasteiger partial charge is 0.175 e. The maximum Gasteiger partial charge on any atom is 0.175 e. The van der Waals surface area contributed by atoms with Gasteiger partial charge in [0, 0.05) is 0 Å². The molecule has 0 bridgehead atoms. The van der Waals surface area contributed by atoms with Gasteiger partial charge in [0.15, 0.2) is 6.29 Å². The van der Waals surface area contributed by atoms with Crippen LogP contribution in [0.25, 0.3) is 5.53 Å². The van der Waals surface area contributed by atoms with Crippen LogP contribution in [0.1, 0.15) is 0 Å². The second-order valence-electron chi connectivity index (χ2n) is 1.50. The van der Waals surface area contributed by atoms with E-state index in [1.54, 1.807) is 0 Å². The molecule has 1 saturated heterocycles.